The Labute approximate surface area is 144 Å². The molecule has 4 nitrogen and oxygen atoms in total. The van der Waals surface area contributed by atoms with Gasteiger partial charge in [-0.05, 0) is 30.3 Å². The summed E-state index contributed by atoms with van der Waals surface area (Å²) in [5.41, 5.74) is 2.74. The Morgan fingerprint density at radius 2 is 1.92 bits per heavy atom. The number of rotatable bonds is 2. The predicted molar refractivity (Wildman–Crippen MR) is 94.7 cm³/mol. The molecule has 0 spiro atoms. The topological polar surface area (TPSA) is 47.0 Å². The van der Waals surface area contributed by atoms with Crippen LogP contribution in [0.1, 0.15) is 4.88 Å². The van der Waals surface area contributed by atoms with Crippen LogP contribution in [0.3, 0.4) is 0 Å². The summed E-state index contributed by atoms with van der Waals surface area (Å²) < 4.78 is 19.9. The number of halogens is 1. The lowest BCUT2D eigenvalue weighted by Crippen LogP contribution is -2.02. The third-order valence-electron chi connectivity index (χ3n) is 3.76. The van der Waals surface area contributed by atoms with Gasteiger partial charge in [0.05, 0.1) is 20.8 Å². The Morgan fingerprint density at radius 1 is 1.04 bits per heavy atom. The highest BCUT2D eigenvalue weighted by Gasteiger charge is 2.22. The summed E-state index contributed by atoms with van der Waals surface area (Å²) in [5.74, 6) is 0.605. The summed E-state index contributed by atoms with van der Waals surface area (Å²) in [6, 6.07) is 12.5. The molecule has 118 valence electrons. The second kappa shape index (κ2) is 5.25. The Bertz CT molecular complexity index is 1070. The number of para-hydroxylation sites is 1. The van der Waals surface area contributed by atoms with Gasteiger partial charge in [0.15, 0.2) is 10.3 Å². The van der Waals surface area contributed by atoms with Gasteiger partial charge in [-0.15, -0.1) is 0 Å². The van der Waals surface area contributed by atoms with Gasteiger partial charge in [0.1, 0.15) is 18.2 Å². The smallest absolute Gasteiger partial charge is 0.190 e. The van der Waals surface area contributed by atoms with Crippen molar-refractivity contribution in [3.05, 3.63) is 53.2 Å². The minimum atomic E-state index is -0.254. The maximum absolute atomic E-state index is 13.3. The minimum Gasteiger partial charge on any atom is -0.487 e. The first-order chi connectivity index (χ1) is 11.8. The van der Waals surface area contributed by atoms with E-state index >= 15 is 0 Å². The molecular weight excluding hydrogens is 345 g/mol. The number of ether oxygens (including phenoxy) is 1. The number of nitrogens with one attached hydrogen (secondary N) is 1. The van der Waals surface area contributed by atoms with Crippen molar-refractivity contribution < 1.29 is 9.13 Å². The van der Waals surface area contributed by atoms with Crippen molar-refractivity contribution in [2.75, 3.05) is 5.32 Å². The molecule has 7 heteroatoms. The van der Waals surface area contributed by atoms with Crippen molar-refractivity contribution in [2.45, 2.75) is 6.61 Å². The van der Waals surface area contributed by atoms with Gasteiger partial charge >= 0.3 is 0 Å². The van der Waals surface area contributed by atoms with Crippen molar-refractivity contribution in [1.82, 2.24) is 9.97 Å². The Kier molecular flexibility index (Phi) is 3.04. The van der Waals surface area contributed by atoms with E-state index in [0.29, 0.717) is 11.7 Å². The van der Waals surface area contributed by atoms with E-state index in [-0.39, 0.29) is 5.82 Å². The van der Waals surface area contributed by atoms with Gasteiger partial charge in [-0.3, -0.25) is 0 Å². The summed E-state index contributed by atoms with van der Waals surface area (Å²) in [5, 5.41) is 4.71. The van der Waals surface area contributed by atoms with Gasteiger partial charge in [-0.1, -0.05) is 34.8 Å². The van der Waals surface area contributed by atoms with Gasteiger partial charge in [-0.25, -0.2) is 14.4 Å². The van der Waals surface area contributed by atoms with Gasteiger partial charge in [-0.2, -0.15) is 0 Å². The Hall–Kier alpha value is -2.51. The summed E-state index contributed by atoms with van der Waals surface area (Å²) in [6.07, 6.45) is 0. The van der Waals surface area contributed by atoms with E-state index in [4.69, 9.17) is 9.72 Å². The standard InChI is InChI=1S/C17H10FN3OS2/c18-9-5-6-11-13(7-9)23-16(19-11)21-17-20-15-10-3-1-2-4-12(10)22-8-14(15)24-17/h1-7H,8H2,(H,19,20,21). The van der Waals surface area contributed by atoms with Gasteiger partial charge in [0, 0.05) is 5.56 Å². The summed E-state index contributed by atoms with van der Waals surface area (Å²) >= 11 is 2.96. The Morgan fingerprint density at radius 3 is 2.88 bits per heavy atom. The largest absolute Gasteiger partial charge is 0.487 e. The average Bonchev–Trinajstić information content (AvgIpc) is 3.17. The van der Waals surface area contributed by atoms with E-state index in [1.807, 2.05) is 24.3 Å². The molecule has 1 N–H and O–H groups in total. The number of fused-ring (bicyclic) bond motifs is 4. The second-order valence-electron chi connectivity index (χ2n) is 5.33. The molecule has 0 saturated carbocycles. The molecule has 0 saturated heterocycles. The predicted octanol–water partition coefficient (Wildman–Crippen LogP) is 5.19. The molecule has 0 fully saturated rings. The fourth-order valence-corrected chi connectivity index (χ4v) is 4.53. The summed E-state index contributed by atoms with van der Waals surface area (Å²) in [7, 11) is 0. The molecule has 1 aliphatic rings. The lowest BCUT2D eigenvalue weighted by atomic mass is 10.1. The van der Waals surface area contributed by atoms with Crippen LogP contribution >= 0.6 is 22.7 Å². The molecule has 4 aromatic rings. The number of aromatic nitrogens is 2. The molecule has 1 aliphatic heterocycles. The van der Waals surface area contributed by atoms with E-state index in [2.05, 4.69) is 10.3 Å². The van der Waals surface area contributed by atoms with Crippen LogP contribution < -0.4 is 10.1 Å². The third-order valence-corrected chi connectivity index (χ3v) is 5.64. The average molecular weight is 355 g/mol. The van der Waals surface area contributed by atoms with Crippen molar-refractivity contribution in [2.24, 2.45) is 0 Å². The number of thiazole rings is 2. The van der Waals surface area contributed by atoms with E-state index in [0.717, 1.165) is 37.2 Å². The van der Waals surface area contributed by atoms with Crippen LogP contribution in [-0.4, -0.2) is 9.97 Å². The van der Waals surface area contributed by atoms with Crippen LogP contribution in [0.15, 0.2) is 42.5 Å². The molecule has 2 aromatic carbocycles. The lowest BCUT2D eigenvalue weighted by molar-refractivity contribution is 0.305. The zero-order chi connectivity index (χ0) is 16.1. The van der Waals surface area contributed by atoms with Crippen LogP contribution in [-0.2, 0) is 6.61 Å². The van der Waals surface area contributed by atoms with Crippen molar-refractivity contribution in [1.29, 1.82) is 0 Å². The van der Waals surface area contributed by atoms with Crippen LogP contribution in [0, 0.1) is 5.82 Å². The number of anilines is 2. The molecule has 0 radical (unpaired) electrons. The van der Waals surface area contributed by atoms with E-state index in [9.17, 15) is 4.39 Å². The summed E-state index contributed by atoms with van der Waals surface area (Å²) in [4.78, 5) is 10.3. The molecule has 3 heterocycles. The normalized spacial score (nSPS) is 12.5. The molecule has 0 unspecified atom stereocenters. The highest BCUT2D eigenvalue weighted by Crippen LogP contribution is 2.41. The fourth-order valence-electron chi connectivity index (χ4n) is 2.69. The lowest BCUT2D eigenvalue weighted by Gasteiger charge is -2.15. The SMILES string of the molecule is Fc1ccc2nc(Nc3nc4c(s3)COc3ccccc3-4)sc2c1. The second-order valence-corrected chi connectivity index (χ2v) is 7.45. The van der Waals surface area contributed by atoms with Crippen LogP contribution in [0.5, 0.6) is 5.75 Å². The fraction of sp³-hybridized carbons (Fsp3) is 0.0588. The molecular formula is C17H10FN3OS2. The van der Waals surface area contributed by atoms with Gasteiger partial charge < -0.3 is 10.1 Å². The highest BCUT2D eigenvalue weighted by atomic mass is 32.1. The van der Waals surface area contributed by atoms with Crippen molar-refractivity contribution >= 4 is 43.2 Å². The molecule has 0 amide bonds. The zero-order valence-electron chi connectivity index (χ0n) is 12.2. The molecule has 24 heavy (non-hydrogen) atoms. The zero-order valence-corrected chi connectivity index (χ0v) is 13.9. The minimum absolute atomic E-state index is 0.254. The first-order valence-corrected chi connectivity index (χ1v) is 8.94. The maximum Gasteiger partial charge on any atom is 0.190 e. The first kappa shape index (κ1) is 13.9. The Balaban J connectivity index is 1.51. The monoisotopic (exact) mass is 355 g/mol. The molecule has 0 aliphatic carbocycles. The number of nitrogens with zero attached hydrogens (tertiary/aromatic N) is 2. The number of hydrogen-bond acceptors (Lipinski definition) is 6. The summed E-state index contributed by atoms with van der Waals surface area (Å²) in [6.45, 7) is 0.525. The van der Waals surface area contributed by atoms with Crippen molar-refractivity contribution in [3.8, 4) is 17.0 Å². The third kappa shape index (κ3) is 2.24. The molecule has 2 aromatic heterocycles. The first-order valence-electron chi connectivity index (χ1n) is 7.31. The molecule has 5 rings (SSSR count). The molecule has 0 bridgehead atoms. The van der Waals surface area contributed by atoms with Crippen molar-refractivity contribution in [3.63, 3.8) is 0 Å². The van der Waals surface area contributed by atoms with Crippen LogP contribution in [0.25, 0.3) is 21.5 Å². The van der Waals surface area contributed by atoms with Crippen LogP contribution in [0.2, 0.25) is 0 Å². The van der Waals surface area contributed by atoms with Gasteiger partial charge in [0.25, 0.3) is 0 Å². The number of hydrogen-bond donors (Lipinski definition) is 1. The van der Waals surface area contributed by atoms with Crippen LogP contribution in [0.4, 0.5) is 14.7 Å². The van der Waals surface area contributed by atoms with E-state index < -0.39 is 0 Å². The molecule has 0 atom stereocenters. The maximum atomic E-state index is 13.3. The van der Waals surface area contributed by atoms with Gasteiger partial charge in [0.2, 0.25) is 0 Å². The van der Waals surface area contributed by atoms with E-state index in [1.54, 1.807) is 17.4 Å². The highest BCUT2D eigenvalue weighted by molar-refractivity contribution is 7.22. The number of benzene rings is 2. The van der Waals surface area contributed by atoms with E-state index in [1.165, 1.54) is 23.5 Å². The quantitative estimate of drug-likeness (QED) is 0.537.